The Balaban J connectivity index is 2.01. The summed E-state index contributed by atoms with van der Waals surface area (Å²) in [6, 6.07) is 2.22. The first-order chi connectivity index (χ1) is 6.79. The number of hydrogen-bond acceptors (Lipinski definition) is 2. The van der Waals surface area contributed by atoms with Crippen molar-refractivity contribution < 1.29 is 0 Å². The van der Waals surface area contributed by atoms with Gasteiger partial charge in [0.25, 0.3) is 0 Å². The second-order valence-electron chi connectivity index (χ2n) is 4.14. The Kier molecular flexibility index (Phi) is 2.89. The minimum atomic E-state index is 0.635. The van der Waals surface area contributed by atoms with E-state index in [2.05, 4.69) is 28.8 Å². The van der Waals surface area contributed by atoms with Crippen LogP contribution in [0.5, 0.6) is 0 Å². The summed E-state index contributed by atoms with van der Waals surface area (Å²) in [5.41, 5.74) is 8.26. The van der Waals surface area contributed by atoms with Crippen LogP contribution in [-0.2, 0) is 20.1 Å². The highest BCUT2D eigenvalue weighted by Gasteiger charge is 2.12. The quantitative estimate of drug-likeness (QED) is 0.779. The second-order valence-corrected chi connectivity index (χ2v) is 4.14. The maximum atomic E-state index is 5.64. The van der Waals surface area contributed by atoms with Crippen molar-refractivity contribution in [3.63, 3.8) is 0 Å². The van der Waals surface area contributed by atoms with Crippen molar-refractivity contribution in [2.45, 2.75) is 25.9 Å². The van der Waals surface area contributed by atoms with Gasteiger partial charge in [0.15, 0.2) is 0 Å². The number of hydrogen-bond donors (Lipinski definition) is 1. The molecule has 1 fully saturated rings. The van der Waals surface area contributed by atoms with Crippen LogP contribution in [0.15, 0.2) is 12.3 Å². The van der Waals surface area contributed by atoms with Gasteiger partial charge in [-0.1, -0.05) is 0 Å². The number of nitrogens with zero attached hydrogens (tertiary/aromatic N) is 2. The zero-order chi connectivity index (χ0) is 9.97. The van der Waals surface area contributed by atoms with Crippen LogP contribution in [-0.4, -0.2) is 22.6 Å². The molecule has 0 aliphatic carbocycles. The lowest BCUT2D eigenvalue weighted by Gasteiger charge is -2.12. The molecule has 0 aromatic carbocycles. The van der Waals surface area contributed by atoms with Crippen LogP contribution in [0.3, 0.4) is 0 Å². The molecule has 0 amide bonds. The molecule has 0 atom stereocenters. The molecule has 14 heavy (non-hydrogen) atoms. The van der Waals surface area contributed by atoms with Crippen LogP contribution in [0.25, 0.3) is 0 Å². The van der Waals surface area contributed by atoms with E-state index in [-0.39, 0.29) is 0 Å². The van der Waals surface area contributed by atoms with E-state index >= 15 is 0 Å². The predicted octanol–water partition coefficient (Wildman–Crippen LogP) is 1.08. The summed E-state index contributed by atoms with van der Waals surface area (Å²) < 4.78 is 2.13. The first-order valence-corrected chi connectivity index (χ1v) is 5.36. The third-order valence-electron chi connectivity index (χ3n) is 2.98. The van der Waals surface area contributed by atoms with Crippen molar-refractivity contribution in [2.24, 2.45) is 12.8 Å². The normalized spacial score (nSPS) is 17.9. The highest BCUT2D eigenvalue weighted by Crippen LogP contribution is 2.14. The molecular weight excluding hydrogens is 174 g/mol. The highest BCUT2D eigenvalue weighted by molar-refractivity contribution is 5.18. The van der Waals surface area contributed by atoms with E-state index in [1.165, 1.54) is 37.2 Å². The van der Waals surface area contributed by atoms with Crippen LogP contribution < -0.4 is 5.73 Å². The number of rotatable bonds is 3. The van der Waals surface area contributed by atoms with Gasteiger partial charge < -0.3 is 10.3 Å². The van der Waals surface area contributed by atoms with Gasteiger partial charge in [-0.25, -0.2) is 0 Å². The topological polar surface area (TPSA) is 34.2 Å². The van der Waals surface area contributed by atoms with Gasteiger partial charge in [-0.3, -0.25) is 4.90 Å². The average molecular weight is 193 g/mol. The zero-order valence-electron chi connectivity index (χ0n) is 8.87. The Labute approximate surface area is 85.5 Å². The Bertz CT molecular complexity index is 297. The van der Waals surface area contributed by atoms with Crippen LogP contribution in [0.1, 0.15) is 24.1 Å². The standard InChI is InChI=1S/C11H19N3/c1-13-8-10(6-11(13)7-12)9-14-4-2-3-5-14/h6,8H,2-5,7,9,12H2,1H3. The molecule has 1 aliphatic heterocycles. The van der Waals surface area contributed by atoms with Gasteiger partial charge in [-0.15, -0.1) is 0 Å². The van der Waals surface area contributed by atoms with E-state index in [4.69, 9.17) is 5.73 Å². The van der Waals surface area contributed by atoms with Crippen molar-refractivity contribution in [3.05, 3.63) is 23.5 Å². The Morgan fingerprint density at radius 1 is 1.36 bits per heavy atom. The maximum absolute atomic E-state index is 5.64. The SMILES string of the molecule is Cn1cc(CN2CCCC2)cc1CN. The summed E-state index contributed by atoms with van der Waals surface area (Å²) in [5, 5.41) is 0. The summed E-state index contributed by atoms with van der Waals surface area (Å²) in [7, 11) is 2.07. The molecule has 1 aromatic rings. The molecule has 0 spiro atoms. The van der Waals surface area contributed by atoms with Crippen LogP contribution in [0, 0.1) is 0 Å². The molecule has 1 saturated heterocycles. The molecule has 2 rings (SSSR count). The number of nitrogens with two attached hydrogens (primary N) is 1. The number of aryl methyl sites for hydroxylation is 1. The summed E-state index contributed by atoms with van der Waals surface area (Å²) in [5.74, 6) is 0. The molecular formula is C11H19N3. The molecule has 2 heterocycles. The lowest BCUT2D eigenvalue weighted by Crippen LogP contribution is -2.17. The Morgan fingerprint density at radius 2 is 2.07 bits per heavy atom. The van der Waals surface area contributed by atoms with E-state index in [1.807, 2.05) is 0 Å². The van der Waals surface area contributed by atoms with Gasteiger partial charge in [0.05, 0.1) is 0 Å². The predicted molar refractivity (Wildman–Crippen MR) is 57.8 cm³/mol. The molecule has 2 N–H and O–H groups in total. The van der Waals surface area contributed by atoms with Gasteiger partial charge in [0.2, 0.25) is 0 Å². The van der Waals surface area contributed by atoms with E-state index in [0.717, 1.165) is 6.54 Å². The first kappa shape index (κ1) is 9.74. The average Bonchev–Trinajstić information content (AvgIpc) is 2.76. The molecule has 78 valence electrons. The minimum absolute atomic E-state index is 0.635. The van der Waals surface area contributed by atoms with Crippen molar-refractivity contribution in [1.29, 1.82) is 0 Å². The van der Waals surface area contributed by atoms with Crippen molar-refractivity contribution in [3.8, 4) is 0 Å². The fourth-order valence-electron chi connectivity index (χ4n) is 2.17. The Morgan fingerprint density at radius 3 is 2.64 bits per heavy atom. The third-order valence-corrected chi connectivity index (χ3v) is 2.98. The van der Waals surface area contributed by atoms with Crippen LogP contribution in [0.4, 0.5) is 0 Å². The second kappa shape index (κ2) is 4.15. The van der Waals surface area contributed by atoms with Crippen molar-refractivity contribution in [2.75, 3.05) is 13.1 Å². The third kappa shape index (κ3) is 1.99. The molecule has 1 aromatic heterocycles. The molecule has 0 radical (unpaired) electrons. The molecule has 1 aliphatic rings. The fourth-order valence-corrected chi connectivity index (χ4v) is 2.17. The molecule has 0 saturated carbocycles. The van der Waals surface area contributed by atoms with E-state index in [0.29, 0.717) is 6.54 Å². The summed E-state index contributed by atoms with van der Waals surface area (Å²) >= 11 is 0. The van der Waals surface area contributed by atoms with Crippen molar-refractivity contribution in [1.82, 2.24) is 9.47 Å². The maximum Gasteiger partial charge on any atom is 0.0334 e. The van der Waals surface area contributed by atoms with E-state index < -0.39 is 0 Å². The van der Waals surface area contributed by atoms with Gasteiger partial charge in [0, 0.05) is 32.0 Å². The van der Waals surface area contributed by atoms with Gasteiger partial charge >= 0.3 is 0 Å². The summed E-state index contributed by atoms with van der Waals surface area (Å²) in [6.45, 7) is 4.24. The van der Waals surface area contributed by atoms with Gasteiger partial charge in [0.1, 0.15) is 0 Å². The number of likely N-dealkylation sites (tertiary alicyclic amines) is 1. The minimum Gasteiger partial charge on any atom is -0.353 e. The zero-order valence-corrected chi connectivity index (χ0v) is 8.87. The Hall–Kier alpha value is -0.800. The lowest BCUT2D eigenvalue weighted by atomic mass is 10.3. The van der Waals surface area contributed by atoms with Crippen LogP contribution >= 0.6 is 0 Å². The smallest absolute Gasteiger partial charge is 0.0334 e. The lowest BCUT2D eigenvalue weighted by molar-refractivity contribution is 0.331. The first-order valence-electron chi connectivity index (χ1n) is 5.36. The van der Waals surface area contributed by atoms with Crippen molar-refractivity contribution >= 4 is 0 Å². The molecule has 3 heteroatoms. The fraction of sp³-hybridized carbons (Fsp3) is 0.636. The highest BCUT2D eigenvalue weighted by atomic mass is 15.1. The monoisotopic (exact) mass is 193 g/mol. The summed E-state index contributed by atoms with van der Waals surface area (Å²) in [6.07, 6.45) is 4.91. The number of aromatic nitrogens is 1. The van der Waals surface area contributed by atoms with E-state index in [9.17, 15) is 0 Å². The molecule has 3 nitrogen and oxygen atoms in total. The van der Waals surface area contributed by atoms with Gasteiger partial charge in [-0.2, -0.15) is 0 Å². The van der Waals surface area contributed by atoms with Gasteiger partial charge in [-0.05, 0) is 37.6 Å². The van der Waals surface area contributed by atoms with E-state index in [1.54, 1.807) is 0 Å². The van der Waals surface area contributed by atoms with Crippen LogP contribution in [0.2, 0.25) is 0 Å². The molecule has 0 unspecified atom stereocenters. The summed E-state index contributed by atoms with van der Waals surface area (Å²) in [4.78, 5) is 2.51. The largest absolute Gasteiger partial charge is 0.353 e. The molecule has 0 bridgehead atoms.